The Kier molecular flexibility index (Phi) is 5.39. The van der Waals surface area contributed by atoms with Crippen molar-refractivity contribution in [3.8, 4) is 5.75 Å². The number of aliphatic hydroxyl groups excluding tert-OH is 1. The third-order valence-electron chi connectivity index (χ3n) is 3.29. The highest BCUT2D eigenvalue weighted by Crippen LogP contribution is 2.13. The second-order valence-electron chi connectivity index (χ2n) is 4.85. The smallest absolute Gasteiger partial charge is 0.257 e. The molecule has 0 aromatic heterocycles. The van der Waals surface area contributed by atoms with Gasteiger partial charge in [0.2, 0.25) is 0 Å². The Morgan fingerprint density at radius 3 is 2.84 bits per heavy atom. The van der Waals surface area contributed by atoms with Gasteiger partial charge in [-0.2, -0.15) is 0 Å². The van der Waals surface area contributed by atoms with E-state index >= 15 is 0 Å². The van der Waals surface area contributed by atoms with E-state index in [-0.39, 0.29) is 12.1 Å². The normalized spacial score (nSPS) is 27.1. The summed E-state index contributed by atoms with van der Waals surface area (Å²) in [5.41, 5.74) is 6.11. The summed E-state index contributed by atoms with van der Waals surface area (Å²) in [5, 5.41) is 12.9. The van der Waals surface area contributed by atoms with Gasteiger partial charge in [0.05, 0.1) is 0 Å². The van der Waals surface area contributed by atoms with Crippen LogP contribution in [-0.4, -0.2) is 23.6 Å². The number of rotatable bonds is 4. The van der Waals surface area contributed by atoms with Crippen molar-refractivity contribution in [3.05, 3.63) is 42.5 Å². The van der Waals surface area contributed by atoms with Gasteiger partial charge in [-0.25, -0.2) is 0 Å². The van der Waals surface area contributed by atoms with Gasteiger partial charge in [-0.15, -0.1) is 0 Å². The Hall–Kier alpha value is -1.36. The maximum atomic E-state index is 9.91. The van der Waals surface area contributed by atoms with E-state index < -0.39 is 6.41 Å². The standard InChI is InChI=1S/C15H22N2O2/c16-13-10-6-1-2-7-11-14(13)17-15(18)19-12-8-4-3-5-9-12/h3-5,7-9,11,13-15,17-18H,1-2,6,10,16H2/b11-7+. The molecule has 1 aliphatic rings. The molecule has 0 aliphatic heterocycles. The van der Waals surface area contributed by atoms with Crippen molar-refractivity contribution < 1.29 is 9.84 Å². The van der Waals surface area contributed by atoms with Crippen LogP contribution in [-0.2, 0) is 0 Å². The van der Waals surface area contributed by atoms with Crippen molar-refractivity contribution in [2.24, 2.45) is 5.73 Å². The minimum Gasteiger partial charge on any atom is -0.451 e. The topological polar surface area (TPSA) is 67.5 Å². The Morgan fingerprint density at radius 2 is 2.05 bits per heavy atom. The summed E-state index contributed by atoms with van der Waals surface area (Å²) in [7, 11) is 0. The maximum absolute atomic E-state index is 9.91. The molecule has 0 spiro atoms. The first-order chi connectivity index (χ1) is 9.25. The van der Waals surface area contributed by atoms with E-state index in [1.165, 1.54) is 6.42 Å². The van der Waals surface area contributed by atoms with Gasteiger partial charge in [0.15, 0.2) is 0 Å². The van der Waals surface area contributed by atoms with E-state index in [2.05, 4.69) is 11.4 Å². The molecule has 0 fully saturated rings. The van der Waals surface area contributed by atoms with E-state index in [0.29, 0.717) is 5.75 Å². The zero-order valence-corrected chi connectivity index (χ0v) is 11.0. The van der Waals surface area contributed by atoms with Gasteiger partial charge in [-0.1, -0.05) is 36.8 Å². The van der Waals surface area contributed by atoms with Crippen LogP contribution in [0.4, 0.5) is 0 Å². The second kappa shape index (κ2) is 7.28. The SMILES string of the molecule is NC1CCCC/C=C/C1NC(O)Oc1ccccc1. The highest BCUT2D eigenvalue weighted by Gasteiger charge is 2.19. The Bertz CT molecular complexity index is 394. The van der Waals surface area contributed by atoms with E-state index in [1.807, 2.05) is 24.3 Å². The molecule has 0 saturated carbocycles. The highest BCUT2D eigenvalue weighted by atomic mass is 16.6. The van der Waals surface area contributed by atoms with Crippen LogP contribution in [0.2, 0.25) is 0 Å². The summed E-state index contributed by atoms with van der Waals surface area (Å²) < 4.78 is 5.39. The second-order valence-corrected chi connectivity index (χ2v) is 4.85. The number of hydrogen-bond donors (Lipinski definition) is 3. The van der Waals surface area contributed by atoms with Crippen molar-refractivity contribution in [2.45, 2.75) is 44.2 Å². The van der Waals surface area contributed by atoms with Crippen LogP contribution in [0.1, 0.15) is 25.7 Å². The van der Waals surface area contributed by atoms with Crippen LogP contribution in [0.3, 0.4) is 0 Å². The number of nitrogens with one attached hydrogen (secondary N) is 1. The van der Waals surface area contributed by atoms with Gasteiger partial charge in [-0.05, 0) is 31.4 Å². The molecule has 0 bridgehead atoms. The number of hydrogen-bond acceptors (Lipinski definition) is 4. The molecule has 1 aromatic carbocycles. The lowest BCUT2D eigenvalue weighted by Gasteiger charge is -2.26. The number of nitrogens with two attached hydrogens (primary N) is 1. The number of ether oxygens (including phenoxy) is 1. The largest absolute Gasteiger partial charge is 0.451 e. The lowest BCUT2D eigenvalue weighted by molar-refractivity contribution is -0.0504. The summed E-state index contributed by atoms with van der Waals surface area (Å²) in [6.07, 6.45) is 7.43. The number of allylic oxidation sites excluding steroid dienone is 1. The van der Waals surface area contributed by atoms with Gasteiger partial charge in [0.1, 0.15) is 5.75 Å². The molecule has 1 aromatic rings. The van der Waals surface area contributed by atoms with Crippen LogP contribution in [0.5, 0.6) is 5.75 Å². The van der Waals surface area contributed by atoms with Gasteiger partial charge in [0, 0.05) is 12.1 Å². The maximum Gasteiger partial charge on any atom is 0.257 e. The molecule has 4 N–H and O–H groups in total. The third kappa shape index (κ3) is 4.67. The molecular weight excluding hydrogens is 240 g/mol. The van der Waals surface area contributed by atoms with Gasteiger partial charge in [0.25, 0.3) is 6.41 Å². The lowest BCUT2D eigenvalue weighted by Crippen LogP contribution is -2.50. The molecule has 0 saturated heterocycles. The molecule has 1 aliphatic carbocycles. The van der Waals surface area contributed by atoms with E-state index in [1.54, 1.807) is 12.1 Å². The Morgan fingerprint density at radius 1 is 1.26 bits per heavy atom. The summed E-state index contributed by atoms with van der Waals surface area (Å²) in [6, 6.07) is 9.19. The lowest BCUT2D eigenvalue weighted by atomic mass is 9.98. The van der Waals surface area contributed by atoms with Gasteiger partial charge < -0.3 is 15.6 Å². The van der Waals surface area contributed by atoms with Crippen molar-refractivity contribution in [2.75, 3.05) is 0 Å². The fourth-order valence-electron chi connectivity index (χ4n) is 2.21. The molecule has 4 nitrogen and oxygen atoms in total. The van der Waals surface area contributed by atoms with Crippen LogP contribution < -0.4 is 15.8 Å². The average Bonchev–Trinajstić information content (AvgIpc) is 2.40. The summed E-state index contributed by atoms with van der Waals surface area (Å²) in [6.45, 7) is 0. The van der Waals surface area contributed by atoms with E-state index in [4.69, 9.17) is 10.5 Å². The first-order valence-electron chi connectivity index (χ1n) is 6.84. The minimum absolute atomic E-state index is 0.00516. The summed E-state index contributed by atoms with van der Waals surface area (Å²) in [5.74, 6) is 0.630. The minimum atomic E-state index is -1.05. The van der Waals surface area contributed by atoms with Crippen molar-refractivity contribution >= 4 is 0 Å². The molecule has 3 atom stereocenters. The summed E-state index contributed by atoms with van der Waals surface area (Å²) in [4.78, 5) is 0. The quantitative estimate of drug-likeness (QED) is 0.571. The number of para-hydroxylation sites is 1. The molecule has 0 heterocycles. The molecule has 0 amide bonds. The first kappa shape index (κ1) is 14.1. The molecule has 2 rings (SSSR count). The Balaban J connectivity index is 1.89. The van der Waals surface area contributed by atoms with Gasteiger partial charge >= 0.3 is 0 Å². The van der Waals surface area contributed by atoms with Crippen molar-refractivity contribution in [3.63, 3.8) is 0 Å². The molecule has 3 unspecified atom stereocenters. The fraction of sp³-hybridized carbons (Fsp3) is 0.467. The zero-order chi connectivity index (χ0) is 13.5. The Labute approximate surface area is 114 Å². The van der Waals surface area contributed by atoms with Crippen LogP contribution in [0.25, 0.3) is 0 Å². The number of benzene rings is 1. The molecule has 19 heavy (non-hydrogen) atoms. The molecule has 4 heteroatoms. The predicted molar refractivity (Wildman–Crippen MR) is 75.6 cm³/mol. The highest BCUT2D eigenvalue weighted by molar-refractivity contribution is 5.21. The number of aliphatic hydroxyl groups is 1. The first-order valence-corrected chi connectivity index (χ1v) is 6.84. The summed E-state index contributed by atoms with van der Waals surface area (Å²) >= 11 is 0. The fourth-order valence-corrected chi connectivity index (χ4v) is 2.21. The van der Waals surface area contributed by atoms with Gasteiger partial charge in [-0.3, -0.25) is 5.32 Å². The molecule has 0 radical (unpaired) electrons. The average molecular weight is 262 g/mol. The molecular formula is C15H22N2O2. The van der Waals surface area contributed by atoms with Crippen molar-refractivity contribution in [1.82, 2.24) is 5.32 Å². The van der Waals surface area contributed by atoms with Crippen LogP contribution in [0, 0.1) is 0 Å². The van der Waals surface area contributed by atoms with Crippen molar-refractivity contribution in [1.29, 1.82) is 0 Å². The third-order valence-corrected chi connectivity index (χ3v) is 3.29. The predicted octanol–water partition coefficient (Wildman–Crippen LogP) is 1.76. The van der Waals surface area contributed by atoms with Crippen LogP contribution in [0.15, 0.2) is 42.5 Å². The monoisotopic (exact) mass is 262 g/mol. The zero-order valence-electron chi connectivity index (χ0n) is 11.0. The molecule has 104 valence electrons. The van der Waals surface area contributed by atoms with E-state index in [9.17, 15) is 5.11 Å². The van der Waals surface area contributed by atoms with Crippen LogP contribution >= 0.6 is 0 Å². The van der Waals surface area contributed by atoms with E-state index in [0.717, 1.165) is 19.3 Å².